The maximum atomic E-state index is 12.4. The fraction of sp³-hybridized carbons (Fsp3) is 0.276. The van der Waals surface area contributed by atoms with Crippen molar-refractivity contribution in [2.24, 2.45) is 0 Å². The van der Waals surface area contributed by atoms with E-state index in [1.165, 1.54) is 33.7 Å². The second-order valence-electron chi connectivity index (χ2n) is 9.75. The molecule has 2 aromatic carbocycles. The molecule has 38 heavy (non-hydrogen) atoms. The van der Waals surface area contributed by atoms with Gasteiger partial charge in [0.25, 0.3) is 11.8 Å². The highest BCUT2D eigenvalue weighted by atomic mass is 16.5. The number of H-pyrrole nitrogens is 2. The van der Waals surface area contributed by atoms with Gasteiger partial charge >= 0.3 is 0 Å². The first kappa shape index (κ1) is 25.4. The van der Waals surface area contributed by atoms with E-state index in [4.69, 9.17) is 5.21 Å². The van der Waals surface area contributed by atoms with Gasteiger partial charge in [-0.2, -0.15) is 5.10 Å². The average molecular weight is 513 g/mol. The van der Waals surface area contributed by atoms with Gasteiger partial charge in [-0.3, -0.25) is 24.8 Å². The fourth-order valence-electron chi connectivity index (χ4n) is 5.39. The Balaban J connectivity index is 1.42. The highest BCUT2D eigenvalue weighted by Crippen LogP contribution is 2.38. The van der Waals surface area contributed by atoms with E-state index in [1.807, 2.05) is 6.07 Å². The number of hydrogen-bond donors (Lipinski definition) is 5. The number of rotatable bonds is 9. The van der Waals surface area contributed by atoms with Gasteiger partial charge in [0.15, 0.2) is 0 Å². The van der Waals surface area contributed by atoms with E-state index >= 15 is 0 Å². The number of nitrogens with zero attached hydrogens (tertiary/aromatic N) is 2. The van der Waals surface area contributed by atoms with Crippen LogP contribution in [0.1, 0.15) is 56.3 Å². The number of amides is 2. The molecule has 1 atom stereocenters. The second-order valence-corrected chi connectivity index (χ2v) is 9.75. The normalized spacial score (nSPS) is 14.9. The summed E-state index contributed by atoms with van der Waals surface area (Å²) >= 11 is 0. The van der Waals surface area contributed by atoms with Gasteiger partial charge in [0, 0.05) is 54.9 Å². The molecule has 4 aromatic rings. The lowest BCUT2D eigenvalue weighted by molar-refractivity contribution is -0.124. The predicted octanol–water partition coefficient (Wildman–Crippen LogP) is 3.81. The zero-order valence-electron chi connectivity index (χ0n) is 21.5. The maximum Gasteiger partial charge on any atom is 0.269 e. The second kappa shape index (κ2) is 11.0. The summed E-state index contributed by atoms with van der Waals surface area (Å²) in [7, 11) is 1.62. The Kier molecular flexibility index (Phi) is 7.39. The molecule has 2 aromatic heterocycles. The van der Waals surface area contributed by atoms with Crippen molar-refractivity contribution in [2.45, 2.75) is 38.8 Å². The summed E-state index contributed by atoms with van der Waals surface area (Å²) in [6, 6.07) is 12.9. The number of aryl methyl sites for hydroxylation is 2. The molecule has 0 fully saturated rings. The molecule has 2 heterocycles. The monoisotopic (exact) mass is 512 g/mol. The van der Waals surface area contributed by atoms with Gasteiger partial charge in [-0.1, -0.05) is 30.3 Å². The number of benzene rings is 2. The van der Waals surface area contributed by atoms with Gasteiger partial charge in [0.05, 0.1) is 6.20 Å². The predicted molar refractivity (Wildman–Crippen MR) is 146 cm³/mol. The van der Waals surface area contributed by atoms with E-state index < -0.39 is 5.91 Å². The first-order chi connectivity index (χ1) is 18.5. The molecule has 9 heteroatoms. The minimum absolute atomic E-state index is 0.181. The topological polar surface area (TPSA) is 126 Å². The Morgan fingerprint density at radius 1 is 1.21 bits per heavy atom. The number of carbonyl (C=O) groups excluding carboxylic acids is 2. The van der Waals surface area contributed by atoms with Gasteiger partial charge in [-0.25, -0.2) is 5.48 Å². The van der Waals surface area contributed by atoms with E-state index in [-0.39, 0.29) is 11.9 Å². The van der Waals surface area contributed by atoms with Gasteiger partial charge in [-0.15, -0.1) is 0 Å². The molecule has 0 radical (unpaired) electrons. The van der Waals surface area contributed by atoms with Crippen LogP contribution in [0.2, 0.25) is 0 Å². The lowest BCUT2D eigenvalue weighted by atomic mass is 10.0. The molecular weight excluding hydrogens is 480 g/mol. The third-order valence-corrected chi connectivity index (χ3v) is 7.33. The van der Waals surface area contributed by atoms with E-state index in [2.05, 4.69) is 68.9 Å². The largest absolute Gasteiger partial charge is 0.361 e. The average Bonchev–Trinajstić information content (AvgIpc) is 3.67. The smallest absolute Gasteiger partial charge is 0.269 e. The molecule has 1 aliphatic carbocycles. The van der Waals surface area contributed by atoms with E-state index in [9.17, 15) is 9.59 Å². The van der Waals surface area contributed by atoms with E-state index in [0.29, 0.717) is 12.2 Å². The lowest BCUT2D eigenvalue weighted by Gasteiger charge is -2.30. The molecule has 0 spiro atoms. The number of fused-ring (bicyclic) bond motifs is 2. The van der Waals surface area contributed by atoms with Gasteiger partial charge in [0.1, 0.15) is 5.69 Å². The minimum Gasteiger partial charge on any atom is -0.361 e. The van der Waals surface area contributed by atoms with Crippen LogP contribution in [-0.4, -0.2) is 50.7 Å². The van der Waals surface area contributed by atoms with Crippen LogP contribution in [0.3, 0.4) is 0 Å². The van der Waals surface area contributed by atoms with Crippen LogP contribution in [0.25, 0.3) is 17.0 Å². The number of aromatic nitrogens is 3. The first-order valence-corrected chi connectivity index (χ1v) is 12.8. The molecule has 9 nitrogen and oxygen atoms in total. The van der Waals surface area contributed by atoms with Crippen molar-refractivity contribution in [3.05, 3.63) is 93.9 Å². The van der Waals surface area contributed by atoms with Crippen molar-refractivity contribution >= 4 is 28.8 Å². The van der Waals surface area contributed by atoms with Crippen LogP contribution >= 0.6 is 0 Å². The molecule has 5 N–H and O–H groups in total. The number of hydrogen-bond acceptors (Lipinski definition) is 5. The van der Waals surface area contributed by atoms with Gasteiger partial charge < -0.3 is 10.3 Å². The third kappa shape index (κ3) is 5.25. The summed E-state index contributed by atoms with van der Waals surface area (Å²) in [4.78, 5) is 29.7. The molecule has 196 valence electrons. The molecule has 1 aliphatic rings. The highest BCUT2D eigenvalue weighted by molar-refractivity contribution is 5.93. The van der Waals surface area contributed by atoms with E-state index in [0.717, 1.165) is 42.5 Å². The van der Waals surface area contributed by atoms with Crippen LogP contribution in [0, 0.1) is 6.92 Å². The lowest BCUT2D eigenvalue weighted by Crippen LogP contribution is -2.30. The maximum absolute atomic E-state index is 12.4. The standard InChI is InChI=1S/C29H32N6O3/c1-18-3-7-23-21(15-31-25(23)13-18)11-12-35(17-22-16-32-33-28(22)29(37)30-2)26-9-6-20-14-19(4-8-24(20)26)5-10-27(36)34-38/h3-5,7-8,10,13-16,26,31,38H,6,9,11-12,17H2,1-2H3,(H,30,37)(H,32,33)(H,34,36)/b10-5+. The van der Waals surface area contributed by atoms with Gasteiger partial charge in [0.2, 0.25) is 0 Å². The van der Waals surface area contributed by atoms with Crippen LogP contribution in [-0.2, 0) is 24.2 Å². The molecule has 2 amide bonds. The number of carbonyl (C=O) groups is 2. The van der Waals surface area contributed by atoms with Crippen molar-refractivity contribution in [2.75, 3.05) is 13.6 Å². The van der Waals surface area contributed by atoms with Gasteiger partial charge in [-0.05, 0) is 66.1 Å². The number of nitrogens with one attached hydrogen (secondary N) is 4. The number of aromatic amines is 2. The minimum atomic E-state index is -0.561. The van der Waals surface area contributed by atoms with Crippen LogP contribution < -0.4 is 10.8 Å². The van der Waals surface area contributed by atoms with Crippen LogP contribution in [0.5, 0.6) is 0 Å². The Morgan fingerprint density at radius 2 is 2.08 bits per heavy atom. The molecule has 0 aliphatic heterocycles. The quantitative estimate of drug-likeness (QED) is 0.132. The fourth-order valence-corrected chi connectivity index (χ4v) is 5.39. The third-order valence-electron chi connectivity index (χ3n) is 7.33. The zero-order valence-corrected chi connectivity index (χ0v) is 21.5. The van der Waals surface area contributed by atoms with Crippen molar-refractivity contribution in [3.63, 3.8) is 0 Å². The Hall–Kier alpha value is -4.21. The molecule has 0 bridgehead atoms. The summed E-state index contributed by atoms with van der Waals surface area (Å²) < 4.78 is 0. The summed E-state index contributed by atoms with van der Waals surface area (Å²) in [5, 5.41) is 19.7. The molecule has 5 rings (SSSR count). The first-order valence-electron chi connectivity index (χ1n) is 12.8. The van der Waals surface area contributed by atoms with Crippen molar-refractivity contribution in [3.8, 4) is 0 Å². The Bertz CT molecular complexity index is 1500. The molecular formula is C29H32N6O3. The zero-order chi connectivity index (χ0) is 26.6. The SMILES string of the molecule is CNC(=O)c1[nH]ncc1CN(CCc1c[nH]c2cc(C)ccc12)C1CCc2cc(/C=C/C(=O)NO)ccc21. The Labute approximate surface area is 220 Å². The molecule has 1 unspecified atom stereocenters. The summed E-state index contributed by atoms with van der Waals surface area (Å²) in [6.07, 6.45) is 9.57. The Morgan fingerprint density at radius 3 is 2.89 bits per heavy atom. The van der Waals surface area contributed by atoms with E-state index in [1.54, 1.807) is 24.8 Å². The summed E-state index contributed by atoms with van der Waals surface area (Å²) in [6.45, 7) is 3.49. The van der Waals surface area contributed by atoms with Crippen molar-refractivity contribution in [1.82, 2.24) is 30.9 Å². The summed E-state index contributed by atoms with van der Waals surface area (Å²) in [5.41, 5.74) is 10.0. The van der Waals surface area contributed by atoms with Crippen molar-refractivity contribution in [1.29, 1.82) is 0 Å². The van der Waals surface area contributed by atoms with Crippen molar-refractivity contribution < 1.29 is 14.8 Å². The van der Waals surface area contributed by atoms with Crippen LogP contribution in [0.15, 0.2) is 54.9 Å². The molecule has 0 saturated heterocycles. The molecule has 0 saturated carbocycles. The summed E-state index contributed by atoms with van der Waals surface area (Å²) in [5.74, 6) is -0.742. The number of hydroxylamine groups is 1. The highest BCUT2D eigenvalue weighted by Gasteiger charge is 2.29. The van der Waals surface area contributed by atoms with Crippen LogP contribution in [0.4, 0.5) is 0 Å².